The van der Waals surface area contributed by atoms with Gasteiger partial charge in [0.05, 0.1) is 7.11 Å². The summed E-state index contributed by atoms with van der Waals surface area (Å²) in [6, 6.07) is 12.0. The maximum Gasteiger partial charge on any atom is 0.334 e. The minimum Gasteiger partial charge on any atom is -0.493 e. The van der Waals surface area contributed by atoms with Gasteiger partial charge in [-0.1, -0.05) is 26.0 Å². The predicted octanol–water partition coefficient (Wildman–Crippen LogP) is 3.86. The molecular weight excluding hydrogens is 430 g/mol. The summed E-state index contributed by atoms with van der Waals surface area (Å²) in [5.41, 5.74) is 7.75. The minimum absolute atomic E-state index is 0.0254. The quantitative estimate of drug-likeness (QED) is 0.224. The van der Waals surface area contributed by atoms with Crippen molar-refractivity contribution < 1.29 is 14.3 Å². The molecule has 2 aromatic rings. The van der Waals surface area contributed by atoms with E-state index >= 15 is 0 Å². The fourth-order valence-electron chi connectivity index (χ4n) is 4.13. The van der Waals surface area contributed by atoms with E-state index in [4.69, 9.17) is 26.0 Å². The van der Waals surface area contributed by atoms with Crippen molar-refractivity contribution in [3.8, 4) is 11.5 Å². The Morgan fingerprint density at radius 1 is 1.09 bits per heavy atom. The van der Waals surface area contributed by atoms with Crippen LogP contribution < -0.4 is 20.1 Å². The number of anilines is 1. The molecule has 0 aliphatic carbocycles. The molecule has 0 spiro atoms. The molecule has 8 heteroatoms. The number of nitrogens with two attached hydrogens (primary N) is 1. The number of carbonyl (C=O) groups is 1. The van der Waals surface area contributed by atoms with E-state index in [1.165, 1.54) is 7.11 Å². The zero-order valence-corrected chi connectivity index (χ0v) is 20.4. The van der Waals surface area contributed by atoms with Crippen molar-refractivity contribution >= 4 is 23.3 Å². The van der Waals surface area contributed by atoms with Crippen molar-refractivity contribution in [2.75, 3.05) is 32.1 Å². The lowest BCUT2D eigenvalue weighted by Gasteiger charge is -2.30. The van der Waals surface area contributed by atoms with Gasteiger partial charge in [-0.25, -0.2) is 4.79 Å². The van der Waals surface area contributed by atoms with Gasteiger partial charge in [0.1, 0.15) is 17.7 Å². The topological polar surface area (TPSA) is 116 Å². The van der Waals surface area contributed by atoms with Crippen LogP contribution in [0, 0.1) is 16.7 Å². The molecule has 1 aliphatic rings. The average molecular weight is 466 g/mol. The van der Waals surface area contributed by atoms with Crippen molar-refractivity contribution in [2.45, 2.75) is 39.2 Å². The van der Waals surface area contributed by atoms with Gasteiger partial charge in [-0.15, -0.1) is 0 Å². The lowest BCUT2D eigenvalue weighted by molar-refractivity contribution is -0.136. The van der Waals surface area contributed by atoms with Crippen molar-refractivity contribution in [2.24, 2.45) is 11.7 Å². The summed E-state index contributed by atoms with van der Waals surface area (Å²) in [7, 11) is 3.37. The largest absolute Gasteiger partial charge is 0.493 e. The number of hydrogen-bond acceptors (Lipinski definition) is 6. The highest BCUT2D eigenvalue weighted by molar-refractivity contribution is 5.97. The molecule has 34 heavy (non-hydrogen) atoms. The van der Waals surface area contributed by atoms with Gasteiger partial charge in [0.2, 0.25) is 0 Å². The van der Waals surface area contributed by atoms with Crippen LogP contribution in [-0.4, -0.2) is 55.8 Å². The zero-order valence-electron chi connectivity index (χ0n) is 20.4. The van der Waals surface area contributed by atoms with Gasteiger partial charge >= 0.3 is 5.97 Å². The fraction of sp³-hybridized carbons (Fsp3) is 0.423. The van der Waals surface area contributed by atoms with Gasteiger partial charge in [-0.2, -0.15) is 0 Å². The van der Waals surface area contributed by atoms with Crippen LogP contribution in [-0.2, 0) is 4.79 Å². The summed E-state index contributed by atoms with van der Waals surface area (Å²) < 4.78 is 11.3. The first-order chi connectivity index (χ1) is 16.2. The Balaban J connectivity index is 1.83. The van der Waals surface area contributed by atoms with Crippen LogP contribution in [0.1, 0.15) is 44.2 Å². The first kappa shape index (κ1) is 25.1. The Labute approximate surface area is 201 Å². The summed E-state index contributed by atoms with van der Waals surface area (Å²) in [5.74, 6) is 1.02. The van der Waals surface area contributed by atoms with Crippen molar-refractivity contribution in [1.82, 2.24) is 4.90 Å². The van der Waals surface area contributed by atoms with E-state index in [0.717, 1.165) is 37.2 Å². The molecule has 8 nitrogen and oxygen atoms in total. The van der Waals surface area contributed by atoms with Crippen LogP contribution in [0.15, 0.2) is 42.5 Å². The van der Waals surface area contributed by atoms with Crippen LogP contribution in [0.4, 0.5) is 5.69 Å². The second kappa shape index (κ2) is 11.0. The van der Waals surface area contributed by atoms with Crippen LogP contribution in [0.25, 0.3) is 0 Å². The second-order valence-electron chi connectivity index (χ2n) is 9.05. The average Bonchev–Trinajstić information content (AvgIpc) is 3.36. The van der Waals surface area contributed by atoms with Gasteiger partial charge < -0.3 is 25.0 Å². The van der Waals surface area contributed by atoms with Crippen LogP contribution in [0.3, 0.4) is 0 Å². The number of carbonyl (C=O) groups excluding carboxylic acids is 1. The third-order valence-corrected chi connectivity index (χ3v) is 6.07. The Morgan fingerprint density at radius 3 is 2.41 bits per heavy atom. The predicted molar refractivity (Wildman–Crippen MR) is 135 cm³/mol. The van der Waals surface area contributed by atoms with Crippen LogP contribution >= 0.6 is 0 Å². The number of amidine groups is 2. The van der Waals surface area contributed by atoms with E-state index in [2.05, 4.69) is 13.8 Å². The maximum absolute atomic E-state index is 13.3. The van der Waals surface area contributed by atoms with Gasteiger partial charge in [-0.05, 0) is 55.5 Å². The monoisotopic (exact) mass is 465 g/mol. The molecule has 1 atom stereocenters. The number of rotatable bonds is 9. The molecule has 0 aromatic heterocycles. The summed E-state index contributed by atoms with van der Waals surface area (Å²) in [4.78, 5) is 17.2. The number of hydrogen-bond donors (Lipinski definition) is 3. The molecule has 0 unspecified atom stereocenters. The molecule has 182 valence electrons. The molecule has 0 amide bonds. The lowest BCUT2D eigenvalue weighted by Crippen LogP contribution is -2.42. The van der Waals surface area contributed by atoms with Crippen LogP contribution in [0.2, 0.25) is 0 Å². The van der Waals surface area contributed by atoms with Gasteiger partial charge in [0.25, 0.3) is 0 Å². The second-order valence-corrected chi connectivity index (χ2v) is 9.05. The van der Waals surface area contributed by atoms with E-state index in [0.29, 0.717) is 29.3 Å². The van der Waals surface area contributed by atoms with Gasteiger partial charge in [-0.3, -0.25) is 10.8 Å². The number of likely N-dealkylation sites (N-methyl/N-ethyl adjacent to an activating group) is 1. The number of nitrogens with one attached hydrogen (secondary N) is 2. The molecule has 1 aliphatic heterocycles. The van der Waals surface area contributed by atoms with E-state index in [-0.39, 0.29) is 11.8 Å². The van der Waals surface area contributed by atoms with Crippen molar-refractivity contribution in [1.29, 1.82) is 10.8 Å². The highest BCUT2D eigenvalue weighted by atomic mass is 16.6. The summed E-state index contributed by atoms with van der Waals surface area (Å²) in [6.45, 7) is 5.87. The fourth-order valence-corrected chi connectivity index (χ4v) is 4.13. The van der Waals surface area contributed by atoms with Gasteiger partial charge in [0, 0.05) is 37.0 Å². The van der Waals surface area contributed by atoms with Crippen LogP contribution in [0.5, 0.6) is 11.5 Å². The van der Waals surface area contributed by atoms with Crippen molar-refractivity contribution in [3.05, 3.63) is 53.6 Å². The summed E-state index contributed by atoms with van der Waals surface area (Å²) >= 11 is 0. The van der Waals surface area contributed by atoms with E-state index in [9.17, 15) is 4.79 Å². The molecule has 0 saturated carbocycles. The molecule has 1 fully saturated rings. The third-order valence-electron chi connectivity index (χ3n) is 6.07. The number of ether oxygens (including phenoxy) is 2. The molecule has 0 bridgehead atoms. The molecule has 0 radical (unpaired) electrons. The van der Waals surface area contributed by atoms with E-state index in [1.54, 1.807) is 30.3 Å². The first-order valence-electron chi connectivity index (χ1n) is 11.6. The Morgan fingerprint density at radius 2 is 1.79 bits per heavy atom. The first-order valence-corrected chi connectivity index (χ1v) is 11.6. The minimum atomic E-state index is -0.547. The molecule has 3 rings (SSSR count). The summed E-state index contributed by atoms with van der Waals surface area (Å²) in [5, 5.41) is 16.2. The molecule has 1 saturated heterocycles. The number of methoxy groups -OCH3 is 1. The number of nitrogen functional groups attached to an aromatic ring is 1. The number of benzene rings is 2. The molecule has 4 N–H and O–H groups in total. The molecule has 2 aromatic carbocycles. The smallest absolute Gasteiger partial charge is 0.334 e. The normalized spacial score (nSPS) is 14.1. The highest BCUT2D eigenvalue weighted by Gasteiger charge is 2.28. The highest BCUT2D eigenvalue weighted by Crippen LogP contribution is 2.31. The number of nitrogens with zero attached hydrogens (tertiary/aromatic N) is 2. The maximum atomic E-state index is 13.3. The Hall–Kier alpha value is -3.55. The SMILES string of the molecule is COc1cc(C(=N)N2CCCC2)ccc1OC(=O)[C@H](CC(C)C)N(C)c1cccc(C(=N)N)c1. The number of esters is 1. The third kappa shape index (κ3) is 5.87. The standard InChI is InChI=1S/C26H35N5O3/c1-17(2)14-21(30(3)20-9-7-8-18(15-20)24(27)28)26(32)34-22-11-10-19(16-23(22)33-4)25(29)31-12-5-6-13-31/h7-11,15-17,21,29H,5-6,12-14H2,1-4H3,(H3,27,28)/t21-/m0/s1. The van der Waals surface area contributed by atoms with Gasteiger partial charge in [0.15, 0.2) is 11.5 Å². The zero-order chi connectivity index (χ0) is 24.8. The van der Waals surface area contributed by atoms with Crippen molar-refractivity contribution in [3.63, 3.8) is 0 Å². The lowest BCUT2D eigenvalue weighted by atomic mass is 10.0. The Bertz CT molecular complexity index is 1050. The molecule has 1 heterocycles. The van der Waals surface area contributed by atoms with E-state index in [1.807, 2.05) is 29.0 Å². The molecular formula is C26H35N5O3. The Kier molecular flexibility index (Phi) is 8.15. The summed E-state index contributed by atoms with van der Waals surface area (Å²) in [6.07, 6.45) is 2.77. The van der Waals surface area contributed by atoms with E-state index < -0.39 is 12.0 Å². The number of likely N-dealkylation sites (tertiary alicyclic amines) is 1.